The Morgan fingerprint density at radius 3 is 3.00 bits per heavy atom. The summed E-state index contributed by atoms with van der Waals surface area (Å²) in [6.07, 6.45) is 5.22. The molecule has 0 spiro atoms. The minimum absolute atomic E-state index is 0.983. The smallest absolute Gasteiger partial charge is 0.0725 e. The third-order valence-electron chi connectivity index (χ3n) is 2.17. The van der Waals surface area contributed by atoms with Crippen molar-refractivity contribution in [2.24, 2.45) is 0 Å². The van der Waals surface area contributed by atoms with Crippen LogP contribution < -0.4 is 5.32 Å². The molecule has 0 aliphatic rings. The van der Waals surface area contributed by atoms with Crippen LogP contribution in [0.15, 0.2) is 6.20 Å². The number of rotatable bonds is 7. The highest BCUT2D eigenvalue weighted by Crippen LogP contribution is 2.01. The van der Waals surface area contributed by atoms with Crippen LogP contribution in [0.4, 0.5) is 0 Å². The first kappa shape index (κ1) is 11.2. The summed E-state index contributed by atoms with van der Waals surface area (Å²) in [4.78, 5) is 0. The van der Waals surface area contributed by atoms with Gasteiger partial charge in [-0.25, -0.2) is 4.68 Å². The molecule has 0 bridgehead atoms. The molecule has 0 aliphatic heterocycles. The quantitative estimate of drug-likeness (QED) is 0.667. The Hall–Kier alpha value is -0.900. The average molecular weight is 196 g/mol. The maximum atomic E-state index is 4.05. The Morgan fingerprint density at radius 1 is 1.43 bits per heavy atom. The lowest BCUT2D eigenvalue weighted by atomic mass is 10.2. The molecule has 4 nitrogen and oxygen atoms in total. The van der Waals surface area contributed by atoms with Gasteiger partial charge in [-0.1, -0.05) is 19.1 Å². The summed E-state index contributed by atoms with van der Waals surface area (Å²) < 4.78 is 2.01. The molecule has 0 radical (unpaired) electrons. The molecule has 1 heterocycles. The Labute approximate surface area is 85.7 Å². The molecular formula is C10H20N4. The summed E-state index contributed by atoms with van der Waals surface area (Å²) in [6, 6.07) is 0. The number of nitrogens with zero attached hydrogens (tertiary/aromatic N) is 3. The zero-order chi connectivity index (χ0) is 10.2. The van der Waals surface area contributed by atoms with Gasteiger partial charge in [0.1, 0.15) is 0 Å². The van der Waals surface area contributed by atoms with E-state index < -0.39 is 0 Å². The fourth-order valence-electron chi connectivity index (χ4n) is 1.44. The van der Waals surface area contributed by atoms with Crippen molar-refractivity contribution in [3.05, 3.63) is 11.9 Å². The van der Waals surface area contributed by atoms with Crippen molar-refractivity contribution in [3.8, 4) is 0 Å². The van der Waals surface area contributed by atoms with E-state index in [-0.39, 0.29) is 0 Å². The zero-order valence-electron chi connectivity index (χ0n) is 9.16. The average Bonchev–Trinajstić information content (AvgIpc) is 2.61. The van der Waals surface area contributed by atoms with Gasteiger partial charge in [-0.2, -0.15) is 0 Å². The minimum atomic E-state index is 0.983. The van der Waals surface area contributed by atoms with E-state index >= 15 is 0 Å². The molecule has 0 saturated carbocycles. The van der Waals surface area contributed by atoms with Crippen LogP contribution in [-0.4, -0.2) is 28.1 Å². The molecule has 0 fully saturated rings. The summed E-state index contributed by atoms with van der Waals surface area (Å²) >= 11 is 0. The zero-order valence-corrected chi connectivity index (χ0v) is 9.16. The molecule has 80 valence electrons. The summed E-state index contributed by atoms with van der Waals surface area (Å²) in [7, 11) is 0. The number of hydrogen-bond donors (Lipinski definition) is 1. The lowest BCUT2D eigenvalue weighted by Gasteiger charge is -2.04. The van der Waals surface area contributed by atoms with Gasteiger partial charge in [0.05, 0.1) is 11.9 Å². The molecule has 0 atom stereocenters. The second-order valence-corrected chi connectivity index (χ2v) is 3.41. The lowest BCUT2D eigenvalue weighted by molar-refractivity contribution is 0.545. The molecule has 0 unspecified atom stereocenters. The van der Waals surface area contributed by atoms with Gasteiger partial charge in [-0.05, 0) is 32.4 Å². The van der Waals surface area contributed by atoms with E-state index in [2.05, 4.69) is 29.5 Å². The Kier molecular flexibility index (Phi) is 5.22. The van der Waals surface area contributed by atoms with Crippen molar-refractivity contribution in [3.63, 3.8) is 0 Å². The lowest BCUT2D eigenvalue weighted by Crippen LogP contribution is -2.15. The maximum absolute atomic E-state index is 4.05. The molecule has 0 aliphatic carbocycles. The molecule has 1 aromatic heterocycles. The van der Waals surface area contributed by atoms with Gasteiger partial charge in [-0.15, -0.1) is 5.10 Å². The summed E-state index contributed by atoms with van der Waals surface area (Å²) in [6.45, 7) is 7.39. The first-order valence-electron chi connectivity index (χ1n) is 5.46. The van der Waals surface area contributed by atoms with Gasteiger partial charge in [0.2, 0.25) is 0 Å². The molecular weight excluding hydrogens is 176 g/mol. The molecule has 1 rings (SSSR count). The molecule has 0 aromatic carbocycles. The molecule has 0 saturated heterocycles. The first-order chi connectivity index (χ1) is 6.88. The van der Waals surface area contributed by atoms with Gasteiger partial charge in [0.25, 0.3) is 0 Å². The summed E-state index contributed by atoms with van der Waals surface area (Å²) in [5.74, 6) is 0. The highest BCUT2D eigenvalue weighted by atomic mass is 15.4. The maximum Gasteiger partial charge on any atom is 0.0725 e. The van der Waals surface area contributed by atoms with Gasteiger partial charge in [0, 0.05) is 6.54 Å². The van der Waals surface area contributed by atoms with Crippen molar-refractivity contribution in [2.75, 3.05) is 13.1 Å². The Bertz CT molecular complexity index is 244. The molecule has 14 heavy (non-hydrogen) atoms. The van der Waals surface area contributed by atoms with Crippen molar-refractivity contribution >= 4 is 0 Å². The predicted molar refractivity (Wildman–Crippen MR) is 57.2 cm³/mol. The second-order valence-electron chi connectivity index (χ2n) is 3.41. The van der Waals surface area contributed by atoms with E-state index in [0.29, 0.717) is 0 Å². The van der Waals surface area contributed by atoms with Crippen LogP contribution in [0.3, 0.4) is 0 Å². The topological polar surface area (TPSA) is 42.7 Å². The second kappa shape index (κ2) is 6.54. The van der Waals surface area contributed by atoms with Crippen LogP contribution in [0.1, 0.15) is 32.4 Å². The fourth-order valence-corrected chi connectivity index (χ4v) is 1.44. The molecule has 1 N–H and O–H groups in total. The molecule has 1 aromatic rings. The van der Waals surface area contributed by atoms with E-state index in [1.807, 2.05) is 10.9 Å². The number of hydrogen-bond acceptors (Lipinski definition) is 3. The third-order valence-corrected chi connectivity index (χ3v) is 2.17. The largest absolute Gasteiger partial charge is 0.317 e. The molecule has 0 amide bonds. The van der Waals surface area contributed by atoms with Crippen molar-refractivity contribution in [1.82, 2.24) is 20.3 Å². The van der Waals surface area contributed by atoms with Crippen LogP contribution in [0, 0.1) is 0 Å². The number of aryl methyl sites for hydroxylation is 2. The van der Waals surface area contributed by atoms with Crippen molar-refractivity contribution in [2.45, 2.75) is 39.7 Å². The van der Waals surface area contributed by atoms with Gasteiger partial charge < -0.3 is 5.32 Å². The highest BCUT2D eigenvalue weighted by Gasteiger charge is 2.01. The van der Waals surface area contributed by atoms with Crippen molar-refractivity contribution < 1.29 is 0 Å². The van der Waals surface area contributed by atoms with Crippen LogP contribution in [0.25, 0.3) is 0 Å². The van der Waals surface area contributed by atoms with Crippen LogP contribution in [0.5, 0.6) is 0 Å². The van der Waals surface area contributed by atoms with Gasteiger partial charge >= 0.3 is 0 Å². The van der Waals surface area contributed by atoms with E-state index in [4.69, 9.17) is 0 Å². The van der Waals surface area contributed by atoms with Crippen molar-refractivity contribution in [1.29, 1.82) is 0 Å². The van der Waals surface area contributed by atoms with Gasteiger partial charge in [-0.3, -0.25) is 0 Å². The highest BCUT2D eigenvalue weighted by molar-refractivity contribution is 4.93. The minimum Gasteiger partial charge on any atom is -0.317 e. The Balaban J connectivity index is 2.30. The van der Waals surface area contributed by atoms with Crippen LogP contribution >= 0.6 is 0 Å². The first-order valence-corrected chi connectivity index (χ1v) is 5.46. The molecule has 4 heteroatoms. The summed E-state index contributed by atoms with van der Waals surface area (Å²) in [5, 5.41) is 11.3. The third kappa shape index (κ3) is 3.46. The number of nitrogens with one attached hydrogen (secondary N) is 1. The monoisotopic (exact) mass is 196 g/mol. The van der Waals surface area contributed by atoms with Gasteiger partial charge in [0.15, 0.2) is 0 Å². The fraction of sp³-hybridized carbons (Fsp3) is 0.800. The van der Waals surface area contributed by atoms with E-state index in [9.17, 15) is 0 Å². The Morgan fingerprint density at radius 2 is 2.29 bits per heavy atom. The summed E-state index contributed by atoms with van der Waals surface area (Å²) in [5.41, 5.74) is 1.25. The van der Waals surface area contributed by atoms with Crippen LogP contribution in [-0.2, 0) is 13.0 Å². The van der Waals surface area contributed by atoms with E-state index in [1.165, 1.54) is 5.69 Å². The number of aromatic nitrogens is 3. The normalized spacial score (nSPS) is 10.7. The van der Waals surface area contributed by atoms with E-state index in [1.54, 1.807) is 0 Å². The van der Waals surface area contributed by atoms with Crippen LogP contribution in [0.2, 0.25) is 0 Å². The predicted octanol–water partition coefficient (Wildman–Crippen LogP) is 1.23. The SMILES string of the molecule is CCCn1nncc1CCCNCC. The standard InChI is InChI=1S/C10H20N4/c1-3-8-14-10(9-12-13-14)6-5-7-11-4-2/h9,11H,3-8H2,1-2H3. The van der Waals surface area contributed by atoms with E-state index in [0.717, 1.165) is 38.9 Å².